The average Bonchev–Trinajstić information content (AvgIpc) is 2.17. The van der Waals surface area contributed by atoms with E-state index in [0.29, 0.717) is 12.0 Å². The first-order chi connectivity index (χ1) is 7.34. The molecule has 94 valence electrons. The second-order valence-electron chi connectivity index (χ2n) is 5.37. The fraction of sp³-hybridized carbons (Fsp3) is 0.923. The SMILES string of the molecule is CCNC(C)(C#N)CN(C)C(C)CC(C)C. The fourth-order valence-corrected chi connectivity index (χ4v) is 2.04. The number of nitrogens with zero attached hydrogens (tertiary/aromatic N) is 2. The van der Waals surface area contributed by atoms with Crippen LogP contribution in [0.3, 0.4) is 0 Å². The van der Waals surface area contributed by atoms with E-state index in [1.165, 1.54) is 6.42 Å². The molecule has 0 saturated heterocycles. The summed E-state index contributed by atoms with van der Waals surface area (Å²) in [6, 6.07) is 2.89. The Kier molecular flexibility index (Phi) is 6.62. The molecule has 0 aliphatic carbocycles. The lowest BCUT2D eigenvalue weighted by Gasteiger charge is -2.33. The summed E-state index contributed by atoms with van der Waals surface area (Å²) in [5.41, 5.74) is -0.436. The predicted octanol–water partition coefficient (Wildman–Crippen LogP) is 2.24. The van der Waals surface area contributed by atoms with E-state index in [2.05, 4.69) is 44.1 Å². The first-order valence-electron chi connectivity index (χ1n) is 6.21. The molecule has 0 saturated carbocycles. The first-order valence-corrected chi connectivity index (χ1v) is 6.21. The normalized spacial score (nSPS) is 17.2. The van der Waals surface area contributed by atoms with Crippen molar-refractivity contribution >= 4 is 0 Å². The van der Waals surface area contributed by atoms with E-state index in [9.17, 15) is 5.26 Å². The summed E-state index contributed by atoms with van der Waals surface area (Å²) in [6.45, 7) is 12.3. The lowest BCUT2D eigenvalue weighted by Crippen LogP contribution is -2.51. The fourth-order valence-electron chi connectivity index (χ4n) is 2.04. The molecule has 0 fully saturated rings. The maximum Gasteiger partial charge on any atom is 0.116 e. The highest BCUT2D eigenvalue weighted by Gasteiger charge is 2.26. The van der Waals surface area contributed by atoms with Gasteiger partial charge in [-0.15, -0.1) is 0 Å². The zero-order valence-corrected chi connectivity index (χ0v) is 11.7. The molecular formula is C13H27N3. The Balaban J connectivity index is 4.30. The molecule has 1 N–H and O–H groups in total. The maximum absolute atomic E-state index is 9.19. The molecule has 0 amide bonds. The zero-order valence-electron chi connectivity index (χ0n) is 11.7. The number of hydrogen-bond donors (Lipinski definition) is 1. The summed E-state index contributed by atoms with van der Waals surface area (Å²) in [5, 5.41) is 12.4. The van der Waals surface area contributed by atoms with E-state index in [4.69, 9.17) is 0 Å². The lowest BCUT2D eigenvalue weighted by atomic mass is 10.00. The summed E-state index contributed by atoms with van der Waals surface area (Å²) in [4.78, 5) is 2.27. The van der Waals surface area contributed by atoms with E-state index in [0.717, 1.165) is 13.1 Å². The van der Waals surface area contributed by atoms with Gasteiger partial charge in [-0.25, -0.2) is 0 Å². The van der Waals surface area contributed by atoms with Gasteiger partial charge in [0.15, 0.2) is 0 Å². The molecule has 16 heavy (non-hydrogen) atoms. The van der Waals surface area contributed by atoms with Crippen LogP contribution in [0.4, 0.5) is 0 Å². The highest BCUT2D eigenvalue weighted by atomic mass is 15.2. The van der Waals surface area contributed by atoms with Gasteiger partial charge in [0.25, 0.3) is 0 Å². The van der Waals surface area contributed by atoms with Gasteiger partial charge in [0.1, 0.15) is 5.54 Å². The third kappa shape index (κ3) is 5.48. The summed E-state index contributed by atoms with van der Waals surface area (Å²) >= 11 is 0. The number of hydrogen-bond acceptors (Lipinski definition) is 3. The van der Waals surface area contributed by atoms with Crippen molar-refractivity contribution in [2.45, 2.75) is 52.6 Å². The highest BCUT2D eigenvalue weighted by Crippen LogP contribution is 2.13. The maximum atomic E-state index is 9.19. The molecule has 0 spiro atoms. The van der Waals surface area contributed by atoms with Gasteiger partial charge < -0.3 is 4.90 Å². The van der Waals surface area contributed by atoms with Crippen LogP contribution in [-0.2, 0) is 0 Å². The second-order valence-corrected chi connectivity index (χ2v) is 5.37. The molecule has 0 aliphatic rings. The summed E-state index contributed by atoms with van der Waals surface area (Å²) < 4.78 is 0. The number of nitriles is 1. The zero-order chi connectivity index (χ0) is 12.8. The van der Waals surface area contributed by atoms with Crippen LogP contribution in [0.2, 0.25) is 0 Å². The Bertz CT molecular complexity index is 232. The minimum atomic E-state index is -0.436. The van der Waals surface area contributed by atoms with Crippen molar-refractivity contribution in [3.05, 3.63) is 0 Å². The minimum absolute atomic E-state index is 0.436. The second kappa shape index (κ2) is 6.88. The van der Waals surface area contributed by atoms with Crippen LogP contribution in [0.5, 0.6) is 0 Å². The van der Waals surface area contributed by atoms with Crippen molar-refractivity contribution in [1.82, 2.24) is 10.2 Å². The molecule has 0 aromatic heterocycles. The molecule has 0 bridgehead atoms. The predicted molar refractivity (Wildman–Crippen MR) is 69.2 cm³/mol. The molecule has 2 unspecified atom stereocenters. The van der Waals surface area contributed by atoms with Crippen LogP contribution in [0, 0.1) is 17.2 Å². The van der Waals surface area contributed by atoms with Gasteiger partial charge in [-0.1, -0.05) is 20.8 Å². The van der Waals surface area contributed by atoms with Crippen LogP contribution in [0.1, 0.15) is 41.0 Å². The Hall–Kier alpha value is -0.590. The number of nitrogens with one attached hydrogen (secondary N) is 1. The van der Waals surface area contributed by atoms with Gasteiger partial charge in [-0.05, 0) is 39.8 Å². The quantitative estimate of drug-likeness (QED) is 0.722. The van der Waals surface area contributed by atoms with Gasteiger partial charge >= 0.3 is 0 Å². The van der Waals surface area contributed by atoms with Crippen LogP contribution >= 0.6 is 0 Å². The van der Waals surface area contributed by atoms with Crippen LogP contribution in [0.15, 0.2) is 0 Å². The van der Waals surface area contributed by atoms with Crippen molar-refractivity contribution in [2.75, 3.05) is 20.1 Å². The monoisotopic (exact) mass is 225 g/mol. The van der Waals surface area contributed by atoms with Crippen molar-refractivity contribution in [2.24, 2.45) is 5.92 Å². The molecular weight excluding hydrogens is 198 g/mol. The third-order valence-corrected chi connectivity index (χ3v) is 2.94. The van der Waals surface area contributed by atoms with Gasteiger partial charge in [0.05, 0.1) is 6.07 Å². The Morgan fingerprint density at radius 3 is 2.31 bits per heavy atom. The topological polar surface area (TPSA) is 39.1 Å². The largest absolute Gasteiger partial charge is 0.301 e. The van der Waals surface area contributed by atoms with Crippen LogP contribution < -0.4 is 5.32 Å². The van der Waals surface area contributed by atoms with Crippen LogP contribution in [-0.4, -0.2) is 36.6 Å². The molecule has 0 aromatic rings. The minimum Gasteiger partial charge on any atom is -0.301 e. The number of likely N-dealkylation sites (N-methyl/N-ethyl adjacent to an activating group) is 2. The standard InChI is InChI=1S/C13H27N3/c1-7-15-13(5,9-14)10-16(6)12(4)8-11(2)3/h11-12,15H,7-8,10H2,1-6H3. The smallest absolute Gasteiger partial charge is 0.116 e. The third-order valence-electron chi connectivity index (χ3n) is 2.94. The molecule has 0 radical (unpaired) electrons. The van der Waals surface area contributed by atoms with E-state index in [-0.39, 0.29) is 0 Å². The molecule has 0 rings (SSSR count). The van der Waals surface area contributed by atoms with E-state index in [1.807, 2.05) is 13.8 Å². The van der Waals surface area contributed by atoms with E-state index in [1.54, 1.807) is 0 Å². The highest BCUT2D eigenvalue weighted by molar-refractivity contribution is 5.05. The van der Waals surface area contributed by atoms with Gasteiger partial charge in [-0.2, -0.15) is 5.26 Å². The van der Waals surface area contributed by atoms with Crippen LogP contribution in [0.25, 0.3) is 0 Å². The molecule has 3 nitrogen and oxygen atoms in total. The Morgan fingerprint density at radius 1 is 1.38 bits per heavy atom. The summed E-state index contributed by atoms with van der Waals surface area (Å²) in [5.74, 6) is 0.699. The number of rotatable bonds is 7. The van der Waals surface area contributed by atoms with Crippen molar-refractivity contribution in [3.63, 3.8) is 0 Å². The summed E-state index contributed by atoms with van der Waals surface area (Å²) in [7, 11) is 2.10. The lowest BCUT2D eigenvalue weighted by molar-refractivity contribution is 0.189. The van der Waals surface area contributed by atoms with Gasteiger partial charge in [-0.3, -0.25) is 5.32 Å². The first kappa shape index (κ1) is 15.4. The summed E-state index contributed by atoms with van der Waals surface area (Å²) in [6.07, 6.45) is 1.17. The Morgan fingerprint density at radius 2 is 1.94 bits per heavy atom. The van der Waals surface area contributed by atoms with Crippen molar-refractivity contribution in [1.29, 1.82) is 5.26 Å². The van der Waals surface area contributed by atoms with Gasteiger partial charge in [0.2, 0.25) is 0 Å². The Labute approximate surface area is 101 Å². The molecule has 3 heteroatoms. The van der Waals surface area contributed by atoms with E-state index < -0.39 is 5.54 Å². The van der Waals surface area contributed by atoms with Crippen molar-refractivity contribution in [3.8, 4) is 6.07 Å². The molecule has 2 atom stereocenters. The molecule has 0 aromatic carbocycles. The molecule has 0 heterocycles. The average molecular weight is 225 g/mol. The van der Waals surface area contributed by atoms with E-state index >= 15 is 0 Å². The molecule has 0 aliphatic heterocycles. The van der Waals surface area contributed by atoms with Gasteiger partial charge in [0, 0.05) is 12.6 Å². The van der Waals surface area contributed by atoms with Crippen molar-refractivity contribution < 1.29 is 0 Å².